The molecule has 1 saturated carbocycles. The maximum atomic E-state index is 12.8. The molecule has 212 valence electrons. The second kappa shape index (κ2) is 15.8. The van der Waals surface area contributed by atoms with E-state index in [1.165, 1.54) is 6.08 Å². The monoisotopic (exact) mass is 526 g/mol. The maximum Gasteiger partial charge on any atom is 0.308 e. The van der Waals surface area contributed by atoms with Gasteiger partial charge in [-0.2, -0.15) is 0 Å². The number of nitrogens with one attached hydrogen (secondary N) is 2. The molecule has 0 saturated heterocycles. The van der Waals surface area contributed by atoms with Crippen LogP contribution in [-0.4, -0.2) is 76.9 Å². The third kappa shape index (κ3) is 11.3. The van der Waals surface area contributed by atoms with Crippen LogP contribution < -0.4 is 10.6 Å². The Kier molecular flexibility index (Phi) is 14.0. The fraction of sp³-hybridized carbons (Fsp3) is 0.778. The van der Waals surface area contributed by atoms with Gasteiger partial charge in [0.25, 0.3) is 0 Å². The van der Waals surface area contributed by atoms with E-state index in [1.807, 2.05) is 27.7 Å². The number of aldehydes is 1. The zero-order chi connectivity index (χ0) is 28.2. The lowest BCUT2D eigenvalue weighted by molar-refractivity contribution is -0.149. The van der Waals surface area contributed by atoms with E-state index >= 15 is 0 Å². The second-order valence-corrected chi connectivity index (χ2v) is 11.0. The first-order valence-electron chi connectivity index (χ1n) is 13.3. The Labute approximate surface area is 220 Å². The number of hydrogen-bond acceptors (Lipinski definition) is 8. The van der Waals surface area contributed by atoms with Gasteiger partial charge >= 0.3 is 5.97 Å². The van der Waals surface area contributed by atoms with Crippen molar-refractivity contribution in [2.24, 2.45) is 23.2 Å². The highest BCUT2D eigenvalue weighted by atomic mass is 16.5. The molecule has 1 fully saturated rings. The maximum absolute atomic E-state index is 12.8. The summed E-state index contributed by atoms with van der Waals surface area (Å²) in [5.74, 6) is -3.85. The largest absolute Gasteiger partial charge is 0.464 e. The van der Waals surface area contributed by atoms with Crippen LogP contribution in [0.3, 0.4) is 0 Å². The molecule has 0 spiro atoms. The molecule has 10 heteroatoms. The molecule has 5 N–H and O–H groups in total. The minimum atomic E-state index is -1.89. The van der Waals surface area contributed by atoms with Crippen molar-refractivity contribution in [3.63, 3.8) is 0 Å². The van der Waals surface area contributed by atoms with Crippen LogP contribution in [0.1, 0.15) is 73.1 Å². The van der Waals surface area contributed by atoms with Crippen molar-refractivity contribution in [3.05, 3.63) is 12.2 Å². The highest BCUT2D eigenvalue weighted by molar-refractivity contribution is 5.95. The van der Waals surface area contributed by atoms with Crippen LogP contribution in [0, 0.1) is 23.2 Å². The lowest BCUT2D eigenvalue weighted by Crippen LogP contribution is -2.55. The Bertz CT molecular complexity index is 773. The highest BCUT2D eigenvalue weighted by Gasteiger charge is 2.37. The zero-order valence-electron chi connectivity index (χ0n) is 22.8. The Balaban J connectivity index is 2.71. The van der Waals surface area contributed by atoms with Gasteiger partial charge in [0, 0.05) is 0 Å². The molecule has 1 aliphatic carbocycles. The molecule has 1 unspecified atom stereocenters. The molecule has 37 heavy (non-hydrogen) atoms. The van der Waals surface area contributed by atoms with Gasteiger partial charge < -0.3 is 35.5 Å². The van der Waals surface area contributed by atoms with E-state index < -0.39 is 42.1 Å². The van der Waals surface area contributed by atoms with E-state index in [2.05, 4.69) is 10.6 Å². The summed E-state index contributed by atoms with van der Waals surface area (Å²) in [4.78, 5) is 49.4. The summed E-state index contributed by atoms with van der Waals surface area (Å²) >= 11 is 0. The van der Waals surface area contributed by atoms with Crippen molar-refractivity contribution >= 4 is 24.1 Å². The van der Waals surface area contributed by atoms with Crippen LogP contribution >= 0.6 is 0 Å². The molecule has 0 radical (unpaired) electrons. The predicted molar refractivity (Wildman–Crippen MR) is 138 cm³/mol. The molecule has 0 heterocycles. The number of aliphatic hydroxyl groups is 3. The van der Waals surface area contributed by atoms with E-state index in [-0.39, 0.29) is 42.7 Å². The number of hydrogen-bond donors (Lipinski definition) is 5. The summed E-state index contributed by atoms with van der Waals surface area (Å²) in [6.07, 6.45) is 3.22. The van der Waals surface area contributed by atoms with Crippen molar-refractivity contribution in [2.45, 2.75) is 97.5 Å². The molecule has 6 atom stereocenters. The molecule has 0 aromatic carbocycles. The number of esters is 1. The number of amides is 2. The normalized spacial score (nSPS) is 19.8. The average Bonchev–Trinajstić information content (AvgIpc) is 2.87. The minimum Gasteiger partial charge on any atom is -0.464 e. The van der Waals surface area contributed by atoms with Gasteiger partial charge in [-0.3, -0.25) is 14.4 Å². The smallest absolute Gasteiger partial charge is 0.308 e. The lowest BCUT2D eigenvalue weighted by Gasteiger charge is -2.28. The van der Waals surface area contributed by atoms with Gasteiger partial charge in [-0.1, -0.05) is 72.5 Å². The number of ether oxygens (including phenoxy) is 1. The first-order chi connectivity index (χ1) is 17.3. The molecule has 0 aliphatic heterocycles. The summed E-state index contributed by atoms with van der Waals surface area (Å²) in [5.41, 5.74) is -0.293. The molecule has 1 aliphatic rings. The number of carbonyl (C=O) groups is 4. The third-order valence-electron chi connectivity index (χ3n) is 6.69. The van der Waals surface area contributed by atoms with E-state index in [0.29, 0.717) is 6.42 Å². The van der Waals surface area contributed by atoms with Crippen LogP contribution in [0.15, 0.2) is 12.2 Å². The molecule has 10 nitrogen and oxygen atoms in total. The minimum absolute atomic E-state index is 0.00405. The van der Waals surface area contributed by atoms with E-state index in [0.717, 1.165) is 32.1 Å². The average molecular weight is 527 g/mol. The lowest BCUT2D eigenvalue weighted by atomic mass is 9.89. The number of aliphatic hydroxyl groups excluding tert-OH is 3. The van der Waals surface area contributed by atoms with Gasteiger partial charge in [0.1, 0.15) is 43.2 Å². The van der Waals surface area contributed by atoms with Gasteiger partial charge in [0.15, 0.2) is 0 Å². The summed E-state index contributed by atoms with van der Waals surface area (Å²) in [6.45, 7) is 9.27. The van der Waals surface area contributed by atoms with Crippen molar-refractivity contribution < 1.29 is 39.2 Å². The first-order valence-corrected chi connectivity index (χ1v) is 13.3. The standard InChI is InChI=1S/C27H46N2O8/c1-6-17(2)21(25(35)28-14-15-37-26(36)18-10-8-7-9-11-18)29-24(34)19(16-30)22(32)23(33)20(31)12-13-27(3,4)5/h12-13,16-23,31-33H,6-11,14-15H2,1-5H3,(H,28,35)(H,29,34)/b13-12+/t17?,19-,20-,21+,22+,23+/m1/s1. The molecular weight excluding hydrogens is 480 g/mol. The molecule has 0 aromatic rings. The Morgan fingerprint density at radius 3 is 2.19 bits per heavy atom. The molecular formula is C27H46N2O8. The Hall–Kier alpha value is -2.30. The van der Waals surface area contributed by atoms with Crippen molar-refractivity contribution in [3.8, 4) is 0 Å². The molecule has 0 bridgehead atoms. The van der Waals surface area contributed by atoms with Gasteiger partial charge in [0.2, 0.25) is 11.8 Å². The Morgan fingerprint density at radius 1 is 1.03 bits per heavy atom. The summed E-state index contributed by atoms with van der Waals surface area (Å²) in [6, 6.07) is -1.02. The topological polar surface area (TPSA) is 162 Å². The fourth-order valence-corrected chi connectivity index (χ4v) is 4.06. The van der Waals surface area contributed by atoms with Crippen molar-refractivity contribution in [1.29, 1.82) is 0 Å². The zero-order valence-corrected chi connectivity index (χ0v) is 22.8. The fourth-order valence-electron chi connectivity index (χ4n) is 4.06. The Morgan fingerprint density at radius 2 is 1.65 bits per heavy atom. The van der Waals surface area contributed by atoms with E-state index in [4.69, 9.17) is 4.74 Å². The van der Waals surface area contributed by atoms with Crippen LogP contribution in [0.25, 0.3) is 0 Å². The molecule has 0 aromatic heterocycles. The van der Waals surface area contributed by atoms with E-state index in [9.17, 15) is 34.5 Å². The highest BCUT2D eigenvalue weighted by Crippen LogP contribution is 2.24. The number of carbonyl (C=O) groups excluding carboxylic acids is 4. The molecule has 2 amide bonds. The van der Waals surface area contributed by atoms with Gasteiger partial charge in [0.05, 0.1) is 12.5 Å². The predicted octanol–water partition coefficient (Wildman–Crippen LogP) is 1.26. The summed E-state index contributed by atoms with van der Waals surface area (Å²) < 4.78 is 5.28. The third-order valence-corrected chi connectivity index (χ3v) is 6.69. The first kappa shape index (κ1) is 32.7. The second-order valence-electron chi connectivity index (χ2n) is 11.0. The van der Waals surface area contributed by atoms with Crippen molar-refractivity contribution in [1.82, 2.24) is 10.6 Å². The number of allylic oxidation sites excluding steroid dienone is 1. The summed E-state index contributed by atoms with van der Waals surface area (Å²) in [7, 11) is 0. The summed E-state index contributed by atoms with van der Waals surface area (Å²) in [5, 5.41) is 36.0. The quantitative estimate of drug-likeness (QED) is 0.0743. The van der Waals surface area contributed by atoms with Crippen LogP contribution in [-0.2, 0) is 23.9 Å². The van der Waals surface area contributed by atoms with Crippen LogP contribution in [0.2, 0.25) is 0 Å². The van der Waals surface area contributed by atoms with Crippen molar-refractivity contribution in [2.75, 3.05) is 13.2 Å². The van der Waals surface area contributed by atoms with Gasteiger partial charge in [-0.15, -0.1) is 0 Å². The van der Waals surface area contributed by atoms with Gasteiger partial charge in [-0.25, -0.2) is 0 Å². The van der Waals surface area contributed by atoms with Gasteiger partial charge in [-0.05, 0) is 24.2 Å². The SMILES string of the molecule is CCC(C)[C@H](NC(=O)[C@H](C=O)[C@H](O)[C@@H](O)[C@H](O)/C=C/C(C)(C)C)C(=O)NCCOC(=O)C1CCCCC1. The molecule has 1 rings (SSSR count). The van der Waals surface area contributed by atoms with Crippen LogP contribution in [0.4, 0.5) is 0 Å². The number of rotatable bonds is 14. The van der Waals surface area contributed by atoms with E-state index in [1.54, 1.807) is 13.0 Å². The van der Waals surface area contributed by atoms with Crippen LogP contribution in [0.5, 0.6) is 0 Å².